The van der Waals surface area contributed by atoms with Crippen LogP contribution in [0.2, 0.25) is 0 Å². The lowest BCUT2D eigenvalue weighted by atomic mass is 10.2. The molecule has 2 heterocycles. The molecule has 1 N–H and O–H groups in total. The van der Waals surface area contributed by atoms with Gasteiger partial charge in [-0.3, -0.25) is 0 Å². The quantitative estimate of drug-likeness (QED) is 0.841. The molecule has 88 valence electrons. The van der Waals surface area contributed by atoms with Gasteiger partial charge in [-0.05, 0) is 12.1 Å². The van der Waals surface area contributed by atoms with Gasteiger partial charge in [-0.1, -0.05) is 0 Å². The van der Waals surface area contributed by atoms with Crippen LogP contribution in [0, 0.1) is 11.3 Å². The summed E-state index contributed by atoms with van der Waals surface area (Å²) in [5, 5.41) is 18.0. The second kappa shape index (κ2) is 5.06. The van der Waals surface area contributed by atoms with Crippen molar-refractivity contribution < 1.29 is 9.90 Å². The number of carbonyl (C=O) groups is 1. The Balaban J connectivity index is 2.29. The van der Waals surface area contributed by atoms with Crippen molar-refractivity contribution in [3.05, 3.63) is 23.9 Å². The molecule has 1 atom stereocenters. The third-order valence-electron chi connectivity index (χ3n) is 2.58. The SMILES string of the molecule is N#Cc1ccnc(N2CCSCC2C(=O)O)c1. The molecular weight excluding hydrogens is 238 g/mol. The molecule has 0 radical (unpaired) electrons. The molecule has 2 rings (SSSR count). The molecule has 5 nitrogen and oxygen atoms in total. The summed E-state index contributed by atoms with van der Waals surface area (Å²) in [7, 11) is 0. The zero-order valence-corrected chi connectivity index (χ0v) is 9.85. The number of aliphatic carboxylic acids is 1. The normalized spacial score (nSPS) is 19.7. The van der Waals surface area contributed by atoms with Gasteiger partial charge in [0.15, 0.2) is 0 Å². The zero-order valence-electron chi connectivity index (χ0n) is 9.04. The van der Waals surface area contributed by atoms with Gasteiger partial charge in [0.2, 0.25) is 0 Å². The number of nitriles is 1. The Morgan fingerprint density at radius 2 is 2.53 bits per heavy atom. The van der Waals surface area contributed by atoms with Crippen molar-refractivity contribution in [1.82, 2.24) is 4.98 Å². The number of carboxylic acids is 1. The number of aromatic nitrogens is 1. The highest BCUT2D eigenvalue weighted by Gasteiger charge is 2.29. The molecule has 1 saturated heterocycles. The van der Waals surface area contributed by atoms with Gasteiger partial charge in [-0.15, -0.1) is 0 Å². The Morgan fingerprint density at radius 1 is 1.71 bits per heavy atom. The van der Waals surface area contributed by atoms with Crippen molar-refractivity contribution in [1.29, 1.82) is 5.26 Å². The van der Waals surface area contributed by atoms with Crippen LogP contribution < -0.4 is 4.90 Å². The summed E-state index contributed by atoms with van der Waals surface area (Å²) in [5.74, 6) is 1.15. The monoisotopic (exact) mass is 249 g/mol. The Kier molecular flexibility index (Phi) is 3.49. The molecule has 1 unspecified atom stereocenters. The van der Waals surface area contributed by atoms with Crippen LogP contribution in [-0.4, -0.2) is 40.2 Å². The van der Waals surface area contributed by atoms with E-state index >= 15 is 0 Å². The van der Waals surface area contributed by atoms with E-state index in [9.17, 15) is 4.79 Å². The van der Waals surface area contributed by atoms with Crippen molar-refractivity contribution in [3.63, 3.8) is 0 Å². The number of carboxylic acid groups (broad SMARTS) is 1. The minimum Gasteiger partial charge on any atom is -0.480 e. The first kappa shape index (κ1) is 11.7. The van der Waals surface area contributed by atoms with E-state index in [1.165, 1.54) is 6.20 Å². The maximum Gasteiger partial charge on any atom is 0.327 e. The first-order chi connectivity index (χ1) is 8.22. The predicted molar refractivity (Wildman–Crippen MR) is 65.0 cm³/mol. The second-order valence-electron chi connectivity index (χ2n) is 3.64. The number of thioether (sulfide) groups is 1. The van der Waals surface area contributed by atoms with Crippen LogP contribution in [0.5, 0.6) is 0 Å². The lowest BCUT2D eigenvalue weighted by Crippen LogP contribution is -2.47. The zero-order chi connectivity index (χ0) is 12.3. The number of pyridine rings is 1. The van der Waals surface area contributed by atoms with Gasteiger partial charge in [-0.2, -0.15) is 17.0 Å². The van der Waals surface area contributed by atoms with Gasteiger partial charge < -0.3 is 10.0 Å². The van der Waals surface area contributed by atoms with Crippen LogP contribution in [0.15, 0.2) is 18.3 Å². The van der Waals surface area contributed by atoms with Crippen LogP contribution in [0.3, 0.4) is 0 Å². The summed E-state index contributed by atoms with van der Waals surface area (Å²) in [6.07, 6.45) is 1.54. The minimum absolute atomic E-state index is 0.498. The molecule has 0 saturated carbocycles. The van der Waals surface area contributed by atoms with Gasteiger partial charge in [-0.25, -0.2) is 9.78 Å². The third-order valence-corrected chi connectivity index (χ3v) is 3.61. The van der Waals surface area contributed by atoms with E-state index in [1.807, 2.05) is 6.07 Å². The lowest BCUT2D eigenvalue weighted by Gasteiger charge is -2.33. The third kappa shape index (κ3) is 2.50. The van der Waals surface area contributed by atoms with E-state index in [4.69, 9.17) is 10.4 Å². The fourth-order valence-corrected chi connectivity index (χ4v) is 2.77. The van der Waals surface area contributed by atoms with Crippen LogP contribution >= 0.6 is 11.8 Å². The number of rotatable bonds is 2. The molecule has 0 spiro atoms. The predicted octanol–water partition coefficient (Wildman–Crippen LogP) is 0.960. The van der Waals surface area contributed by atoms with Crippen molar-refractivity contribution >= 4 is 23.5 Å². The number of hydrogen-bond acceptors (Lipinski definition) is 5. The Labute approximate surface area is 103 Å². The molecule has 0 aromatic carbocycles. The second-order valence-corrected chi connectivity index (χ2v) is 4.79. The highest BCUT2D eigenvalue weighted by Crippen LogP contribution is 2.23. The molecular formula is C11H11N3O2S. The molecule has 1 aliphatic heterocycles. The number of nitrogens with zero attached hydrogens (tertiary/aromatic N) is 3. The molecule has 0 bridgehead atoms. The number of anilines is 1. The Morgan fingerprint density at radius 3 is 3.24 bits per heavy atom. The van der Waals surface area contributed by atoms with Gasteiger partial charge in [0.05, 0.1) is 11.6 Å². The average molecular weight is 249 g/mol. The summed E-state index contributed by atoms with van der Waals surface area (Å²) in [5.41, 5.74) is 0.498. The highest BCUT2D eigenvalue weighted by molar-refractivity contribution is 7.99. The highest BCUT2D eigenvalue weighted by atomic mass is 32.2. The van der Waals surface area contributed by atoms with E-state index < -0.39 is 12.0 Å². The summed E-state index contributed by atoms with van der Waals surface area (Å²) < 4.78 is 0. The van der Waals surface area contributed by atoms with Crippen molar-refractivity contribution in [2.24, 2.45) is 0 Å². The molecule has 0 aliphatic carbocycles. The molecule has 6 heteroatoms. The van der Waals surface area contributed by atoms with Crippen molar-refractivity contribution in [3.8, 4) is 6.07 Å². The fourth-order valence-electron chi connectivity index (χ4n) is 1.73. The van der Waals surface area contributed by atoms with Crippen LogP contribution in [-0.2, 0) is 4.79 Å². The summed E-state index contributed by atoms with van der Waals surface area (Å²) >= 11 is 1.62. The van der Waals surface area contributed by atoms with Gasteiger partial charge >= 0.3 is 5.97 Å². The van der Waals surface area contributed by atoms with Gasteiger partial charge in [0, 0.05) is 24.2 Å². The first-order valence-electron chi connectivity index (χ1n) is 5.15. The van der Waals surface area contributed by atoms with Crippen molar-refractivity contribution in [2.75, 3.05) is 23.0 Å². The summed E-state index contributed by atoms with van der Waals surface area (Å²) in [6, 6.07) is 4.71. The average Bonchev–Trinajstić information content (AvgIpc) is 2.39. The molecule has 1 aliphatic rings. The maximum atomic E-state index is 11.1. The van der Waals surface area contributed by atoms with E-state index in [2.05, 4.69) is 4.98 Å². The standard InChI is InChI=1S/C11H11N3O2S/c12-6-8-1-2-13-10(5-8)14-3-4-17-7-9(14)11(15)16/h1-2,5,9H,3-4,7H2,(H,15,16). The van der Waals surface area contributed by atoms with Crippen molar-refractivity contribution in [2.45, 2.75) is 6.04 Å². The number of hydrogen-bond donors (Lipinski definition) is 1. The molecule has 1 aromatic heterocycles. The fraction of sp³-hybridized carbons (Fsp3) is 0.364. The molecule has 1 fully saturated rings. The van der Waals surface area contributed by atoms with Gasteiger partial charge in [0.25, 0.3) is 0 Å². The first-order valence-corrected chi connectivity index (χ1v) is 6.31. The van der Waals surface area contributed by atoms with Gasteiger partial charge in [0.1, 0.15) is 11.9 Å². The largest absolute Gasteiger partial charge is 0.480 e. The van der Waals surface area contributed by atoms with E-state index in [-0.39, 0.29) is 0 Å². The van der Waals surface area contributed by atoms with Crippen LogP contribution in [0.25, 0.3) is 0 Å². The smallest absolute Gasteiger partial charge is 0.327 e. The Bertz CT molecular complexity index is 472. The molecule has 17 heavy (non-hydrogen) atoms. The summed E-state index contributed by atoms with van der Waals surface area (Å²) in [4.78, 5) is 17.0. The molecule has 0 amide bonds. The van der Waals surface area contributed by atoms with Crippen LogP contribution in [0.4, 0.5) is 5.82 Å². The van der Waals surface area contributed by atoms with E-state index in [0.29, 0.717) is 23.7 Å². The van der Waals surface area contributed by atoms with E-state index in [0.717, 1.165) is 5.75 Å². The maximum absolute atomic E-state index is 11.1. The molecule has 1 aromatic rings. The minimum atomic E-state index is -0.846. The topological polar surface area (TPSA) is 77.2 Å². The Hall–Kier alpha value is -1.74. The summed E-state index contributed by atoms with van der Waals surface area (Å²) in [6.45, 7) is 0.642. The lowest BCUT2D eigenvalue weighted by molar-refractivity contribution is -0.138. The van der Waals surface area contributed by atoms with E-state index in [1.54, 1.807) is 28.8 Å². The van der Waals surface area contributed by atoms with Crippen LogP contribution in [0.1, 0.15) is 5.56 Å².